The van der Waals surface area contributed by atoms with E-state index in [1.165, 1.54) is 12.1 Å². The van der Waals surface area contributed by atoms with E-state index in [1.807, 2.05) is 19.1 Å². The lowest BCUT2D eigenvalue weighted by molar-refractivity contribution is -0.137. The second-order valence-electron chi connectivity index (χ2n) is 4.06. The zero-order chi connectivity index (χ0) is 13.3. The summed E-state index contributed by atoms with van der Waals surface area (Å²) in [6.07, 6.45) is -4.31. The molecule has 4 heteroatoms. The SMILES string of the molecule is Cc1ccc(Cl)c(-c2ccc(C(F)(F)F)cc2)c1. The van der Waals surface area contributed by atoms with Crippen LogP contribution in [0.15, 0.2) is 42.5 Å². The van der Waals surface area contributed by atoms with Gasteiger partial charge < -0.3 is 0 Å². The van der Waals surface area contributed by atoms with Crippen LogP contribution in [0.1, 0.15) is 11.1 Å². The van der Waals surface area contributed by atoms with Crippen LogP contribution in [0.2, 0.25) is 5.02 Å². The molecule has 0 aromatic heterocycles. The van der Waals surface area contributed by atoms with Gasteiger partial charge in [0.15, 0.2) is 0 Å². The van der Waals surface area contributed by atoms with Gasteiger partial charge in [0.05, 0.1) is 5.56 Å². The number of aryl methyl sites for hydroxylation is 1. The Hall–Kier alpha value is -1.48. The molecule has 0 radical (unpaired) electrons. The Morgan fingerprint density at radius 3 is 2.11 bits per heavy atom. The highest BCUT2D eigenvalue weighted by atomic mass is 35.5. The molecule has 0 spiro atoms. The second-order valence-corrected chi connectivity index (χ2v) is 4.47. The van der Waals surface area contributed by atoms with Crippen molar-refractivity contribution < 1.29 is 13.2 Å². The van der Waals surface area contributed by atoms with Crippen LogP contribution in [0.25, 0.3) is 11.1 Å². The number of alkyl halides is 3. The fourth-order valence-corrected chi connectivity index (χ4v) is 1.93. The molecule has 2 rings (SSSR count). The fourth-order valence-electron chi connectivity index (χ4n) is 1.70. The van der Waals surface area contributed by atoms with E-state index in [1.54, 1.807) is 6.07 Å². The Labute approximate surface area is 108 Å². The Morgan fingerprint density at radius 1 is 0.944 bits per heavy atom. The Balaban J connectivity index is 2.43. The maximum Gasteiger partial charge on any atom is 0.416 e. The van der Waals surface area contributed by atoms with E-state index in [2.05, 4.69) is 0 Å². The molecule has 0 aliphatic heterocycles. The fraction of sp³-hybridized carbons (Fsp3) is 0.143. The van der Waals surface area contributed by atoms with Crippen molar-refractivity contribution >= 4 is 11.6 Å². The standard InChI is InChI=1S/C14H10ClF3/c1-9-2-7-13(15)12(8-9)10-3-5-11(6-4-10)14(16,17)18/h2-8H,1H3. The summed E-state index contributed by atoms with van der Waals surface area (Å²) < 4.78 is 37.3. The average molecular weight is 271 g/mol. The van der Waals surface area contributed by atoms with Crippen molar-refractivity contribution in [1.29, 1.82) is 0 Å². The van der Waals surface area contributed by atoms with Gasteiger partial charge in [-0.25, -0.2) is 0 Å². The highest BCUT2D eigenvalue weighted by Gasteiger charge is 2.29. The molecule has 0 unspecified atom stereocenters. The van der Waals surface area contributed by atoms with Crippen molar-refractivity contribution in [3.05, 3.63) is 58.6 Å². The number of rotatable bonds is 1. The topological polar surface area (TPSA) is 0 Å². The predicted octanol–water partition coefficient (Wildman–Crippen LogP) is 5.33. The second kappa shape index (κ2) is 4.65. The van der Waals surface area contributed by atoms with Crippen molar-refractivity contribution in [2.45, 2.75) is 13.1 Å². The van der Waals surface area contributed by atoms with Gasteiger partial charge in [0.2, 0.25) is 0 Å². The largest absolute Gasteiger partial charge is 0.416 e. The van der Waals surface area contributed by atoms with Gasteiger partial charge in [-0.1, -0.05) is 35.4 Å². The van der Waals surface area contributed by atoms with E-state index in [-0.39, 0.29) is 0 Å². The molecule has 18 heavy (non-hydrogen) atoms. The number of halogens is 4. The van der Waals surface area contributed by atoms with Crippen molar-refractivity contribution in [3.8, 4) is 11.1 Å². The van der Waals surface area contributed by atoms with Gasteiger partial charge in [-0.05, 0) is 36.8 Å². The van der Waals surface area contributed by atoms with Gasteiger partial charge >= 0.3 is 6.18 Å². The molecule has 0 saturated heterocycles. The van der Waals surface area contributed by atoms with Gasteiger partial charge in [0, 0.05) is 10.6 Å². The molecule has 0 heterocycles. The molecule has 0 atom stereocenters. The van der Waals surface area contributed by atoms with Gasteiger partial charge in [0.25, 0.3) is 0 Å². The van der Waals surface area contributed by atoms with Crippen molar-refractivity contribution in [1.82, 2.24) is 0 Å². The summed E-state index contributed by atoms with van der Waals surface area (Å²) in [5.74, 6) is 0. The lowest BCUT2D eigenvalue weighted by Crippen LogP contribution is -2.04. The number of hydrogen-bond donors (Lipinski definition) is 0. The van der Waals surface area contributed by atoms with Crippen LogP contribution in [0, 0.1) is 6.92 Å². The van der Waals surface area contributed by atoms with Gasteiger partial charge in [-0.2, -0.15) is 13.2 Å². The van der Waals surface area contributed by atoms with Crippen LogP contribution < -0.4 is 0 Å². The first kappa shape index (κ1) is 13.0. The molecular formula is C14H10ClF3. The predicted molar refractivity (Wildman–Crippen MR) is 66.6 cm³/mol. The van der Waals surface area contributed by atoms with Crippen LogP contribution in [0.4, 0.5) is 13.2 Å². The first-order valence-corrected chi connectivity index (χ1v) is 5.69. The average Bonchev–Trinajstić information content (AvgIpc) is 2.31. The summed E-state index contributed by atoms with van der Waals surface area (Å²) >= 11 is 6.04. The van der Waals surface area contributed by atoms with E-state index in [9.17, 15) is 13.2 Å². The molecule has 0 amide bonds. The first-order valence-electron chi connectivity index (χ1n) is 5.32. The third-order valence-electron chi connectivity index (χ3n) is 2.65. The minimum absolute atomic E-state index is 0.528. The van der Waals surface area contributed by atoms with Crippen molar-refractivity contribution in [2.75, 3.05) is 0 Å². The van der Waals surface area contributed by atoms with Crippen LogP contribution >= 0.6 is 11.6 Å². The zero-order valence-electron chi connectivity index (χ0n) is 9.55. The summed E-state index contributed by atoms with van der Waals surface area (Å²) in [6.45, 7) is 1.91. The van der Waals surface area contributed by atoms with E-state index in [0.29, 0.717) is 10.6 Å². The highest BCUT2D eigenvalue weighted by molar-refractivity contribution is 6.33. The lowest BCUT2D eigenvalue weighted by atomic mass is 10.0. The number of benzene rings is 2. The summed E-state index contributed by atoms with van der Waals surface area (Å²) in [6, 6.07) is 10.4. The molecule has 0 saturated carbocycles. The number of hydrogen-bond acceptors (Lipinski definition) is 0. The van der Waals surface area contributed by atoms with Crippen LogP contribution in [0.3, 0.4) is 0 Å². The smallest absolute Gasteiger partial charge is 0.166 e. The highest BCUT2D eigenvalue weighted by Crippen LogP contribution is 2.33. The molecule has 0 bridgehead atoms. The molecule has 0 aliphatic rings. The monoisotopic (exact) mass is 270 g/mol. The van der Waals surface area contributed by atoms with Crippen molar-refractivity contribution in [2.24, 2.45) is 0 Å². The van der Waals surface area contributed by atoms with Gasteiger partial charge in [0.1, 0.15) is 0 Å². The Bertz CT molecular complexity index is 556. The normalized spacial score (nSPS) is 11.6. The maximum absolute atomic E-state index is 12.4. The summed E-state index contributed by atoms with van der Waals surface area (Å²) in [5, 5.41) is 0.528. The molecular weight excluding hydrogens is 261 g/mol. The van der Waals surface area contributed by atoms with Gasteiger partial charge in [-0.15, -0.1) is 0 Å². The molecule has 0 N–H and O–H groups in total. The summed E-state index contributed by atoms with van der Waals surface area (Å²) in [5.41, 5.74) is 1.77. The van der Waals surface area contributed by atoms with E-state index >= 15 is 0 Å². The van der Waals surface area contributed by atoms with Crippen LogP contribution in [-0.4, -0.2) is 0 Å². The minimum Gasteiger partial charge on any atom is -0.166 e. The maximum atomic E-state index is 12.4. The molecule has 94 valence electrons. The Kier molecular flexibility index (Phi) is 3.35. The summed E-state index contributed by atoms with van der Waals surface area (Å²) in [7, 11) is 0. The first-order chi connectivity index (χ1) is 8.38. The molecule has 2 aromatic rings. The van der Waals surface area contributed by atoms with Crippen molar-refractivity contribution in [3.63, 3.8) is 0 Å². The molecule has 0 aliphatic carbocycles. The molecule has 0 nitrogen and oxygen atoms in total. The molecule has 0 fully saturated rings. The third-order valence-corrected chi connectivity index (χ3v) is 2.97. The minimum atomic E-state index is -4.31. The molecule has 2 aromatic carbocycles. The van der Waals surface area contributed by atoms with E-state index in [4.69, 9.17) is 11.6 Å². The van der Waals surface area contributed by atoms with E-state index < -0.39 is 11.7 Å². The summed E-state index contributed by atoms with van der Waals surface area (Å²) in [4.78, 5) is 0. The zero-order valence-corrected chi connectivity index (χ0v) is 10.3. The quantitative estimate of drug-likeness (QED) is 0.657. The van der Waals surface area contributed by atoms with Crippen LogP contribution in [-0.2, 0) is 6.18 Å². The Morgan fingerprint density at radius 2 is 1.56 bits per heavy atom. The van der Waals surface area contributed by atoms with Gasteiger partial charge in [-0.3, -0.25) is 0 Å². The van der Waals surface area contributed by atoms with Crippen LogP contribution in [0.5, 0.6) is 0 Å². The third kappa shape index (κ3) is 2.67. The lowest BCUT2D eigenvalue weighted by Gasteiger charge is -2.09. The van der Waals surface area contributed by atoms with E-state index in [0.717, 1.165) is 23.3 Å².